The lowest BCUT2D eigenvalue weighted by atomic mass is 9.82. The van der Waals surface area contributed by atoms with Crippen LogP contribution in [-0.4, -0.2) is 73.3 Å². The molecule has 0 aliphatic carbocycles. The molecule has 2 heterocycles. The molecule has 1 unspecified atom stereocenters. The molecule has 8 nitrogen and oxygen atoms in total. The number of ether oxygens (including phenoxy) is 1. The number of carbonyl (C=O) groups is 3. The lowest BCUT2D eigenvalue weighted by molar-refractivity contribution is -0.143. The number of amides is 2. The molecule has 2 aliphatic heterocycles. The van der Waals surface area contributed by atoms with Crippen molar-refractivity contribution in [3.8, 4) is 5.75 Å². The van der Waals surface area contributed by atoms with Gasteiger partial charge in [0.15, 0.2) is 5.54 Å². The maximum Gasteiger partial charge on any atom is 0.296 e. The van der Waals surface area contributed by atoms with Gasteiger partial charge in [-0.1, -0.05) is 25.1 Å². The number of anilines is 1. The van der Waals surface area contributed by atoms with Crippen LogP contribution in [0.15, 0.2) is 54.1 Å². The topological polar surface area (TPSA) is 90.4 Å². The number of aliphatic hydroxyl groups is 1. The van der Waals surface area contributed by atoms with Gasteiger partial charge < -0.3 is 24.5 Å². The van der Waals surface area contributed by atoms with Gasteiger partial charge in [0, 0.05) is 24.2 Å². The van der Waals surface area contributed by atoms with E-state index in [1.165, 1.54) is 12.0 Å². The molecule has 0 saturated carbocycles. The normalized spacial score (nSPS) is 20.9. The molecule has 1 atom stereocenters. The second-order valence-corrected chi connectivity index (χ2v) is 9.08. The van der Waals surface area contributed by atoms with Crippen molar-refractivity contribution in [2.24, 2.45) is 0 Å². The fourth-order valence-electron chi connectivity index (χ4n) is 5.05. The summed E-state index contributed by atoms with van der Waals surface area (Å²) in [6.07, 6.45) is 1.26. The van der Waals surface area contributed by atoms with Crippen LogP contribution in [0.3, 0.4) is 0 Å². The highest BCUT2D eigenvalue weighted by Crippen LogP contribution is 2.53. The SMILES string of the molecule is CCCN1C(=O)C2(/C(=C(\O)c3ccc(OC)cc3)C(=O)C(=O)N2CCCN(C)C)c2ccccc21. The van der Waals surface area contributed by atoms with Crippen LogP contribution in [0.2, 0.25) is 0 Å². The summed E-state index contributed by atoms with van der Waals surface area (Å²) in [7, 11) is 5.38. The summed E-state index contributed by atoms with van der Waals surface area (Å²) in [4.78, 5) is 46.2. The minimum atomic E-state index is -1.71. The van der Waals surface area contributed by atoms with Crippen molar-refractivity contribution in [2.75, 3.05) is 45.7 Å². The number of hydrogen-bond donors (Lipinski definition) is 1. The summed E-state index contributed by atoms with van der Waals surface area (Å²) < 4.78 is 5.20. The number of fused-ring (bicyclic) bond motifs is 2. The maximum atomic E-state index is 14.2. The van der Waals surface area contributed by atoms with Gasteiger partial charge in [-0.2, -0.15) is 0 Å². The largest absolute Gasteiger partial charge is 0.507 e. The van der Waals surface area contributed by atoms with E-state index < -0.39 is 17.2 Å². The molecule has 184 valence electrons. The monoisotopic (exact) mass is 477 g/mol. The summed E-state index contributed by atoms with van der Waals surface area (Å²) in [6, 6.07) is 13.7. The van der Waals surface area contributed by atoms with E-state index in [4.69, 9.17) is 4.74 Å². The molecule has 4 rings (SSSR count). The van der Waals surface area contributed by atoms with Crippen molar-refractivity contribution in [3.05, 3.63) is 65.2 Å². The van der Waals surface area contributed by atoms with Gasteiger partial charge in [0.25, 0.3) is 17.6 Å². The zero-order valence-electron chi connectivity index (χ0n) is 20.6. The number of hydrogen-bond acceptors (Lipinski definition) is 6. The molecule has 1 spiro atoms. The number of carbonyl (C=O) groups excluding carboxylic acids is 3. The number of rotatable bonds is 8. The molecule has 2 aromatic carbocycles. The molecule has 1 fully saturated rings. The number of ketones is 1. The second-order valence-electron chi connectivity index (χ2n) is 9.08. The standard InChI is InChI=1S/C27H31N3O5/c1-5-15-29-21-10-7-6-9-20(21)27(26(29)34)22(23(31)18-11-13-19(35-4)14-12-18)24(32)25(33)30(27)17-8-16-28(2)3/h6-7,9-14,31H,5,8,15-17H2,1-4H3/b23-22-. The van der Waals surface area contributed by atoms with Crippen LogP contribution in [0.4, 0.5) is 5.69 Å². The van der Waals surface area contributed by atoms with Crippen LogP contribution in [0.25, 0.3) is 5.76 Å². The second kappa shape index (κ2) is 9.54. The molecule has 8 heteroatoms. The van der Waals surface area contributed by atoms with E-state index >= 15 is 0 Å². The molecule has 1 saturated heterocycles. The van der Waals surface area contributed by atoms with Crippen LogP contribution in [0.5, 0.6) is 5.75 Å². The third kappa shape index (κ3) is 3.78. The first-order valence-corrected chi connectivity index (χ1v) is 11.8. The first-order valence-electron chi connectivity index (χ1n) is 11.8. The van der Waals surface area contributed by atoms with E-state index in [1.54, 1.807) is 41.3 Å². The summed E-state index contributed by atoms with van der Waals surface area (Å²) >= 11 is 0. The quantitative estimate of drug-likeness (QED) is 0.357. The van der Waals surface area contributed by atoms with Crippen molar-refractivity contribution in [3.63, 3.8) is 0 Å². The number of para-hydroxylation sites is 1. The smallest absolute Gasteiger partial charge is 0.296 e. The minimum absolute atomic E-state index is 0.187. The third-order valence-corrected chi connectivity index (χ3v) is 6.61. The first-order chi connectivity index (χ1) is 16.8. The van der Waals surface area contributed by atoms with Crippen molar-refractivity contribution in [1.82, 2.24) is 9.80 Å². The zero-order valence-corrected chi connectivity index (χ0v) is 20.6. The van der Waals surface area contributed by atoms with Gasteiger partial charge in [-0.3, -0.25) is 14.4 Å². The number of likely N-dealkylation sites (tertiary alicyclic amines) is 1. The van der Waals surface area contributed by atoms with Gasteiger partial charge in [-0.25, -0.2) is 0 Å². The fraction of sp³-hybridized carbons (Fsp3) is 0.370. The molecule has 2 aliphatic rings. The zero-order chi connectivity index (χ0) is 25.3. The Kier molecular flexibility index (Phi) is 6.67. The van der Waals surface area contributed by atoms with Crippen LogP contribution < -0.4 is 9.64 Å². The molecule has 35 heavy (non-hydrogen) atoms. The average molecular weight is 478 g/mol. The first kappa shape index (κ1) is 24.5. The molecule has 0 aromatic heterocycles. The summed E-state index contributed by atoms with van der Waals surface area (Å²) in [6.45, 7) is 3.27. The van der Waals surface area contributed by atoms with Crippen LogP contribution in [0.1, 0.15) is 30.9 Å². The highest BCUT2D eigenvalue weighted by atomic mass is 16.5. The van der Waals surface area contributed by atoms with Crippen molar-refractivity contribution >= 4 is 29.0 Å². The number of methoxy groups -OCH3 is 1. The highest BCUT2D eigenvalue weighted by molar-refractivity contribution is 6.50. The molecule has 1 N–H and O–H groups in total. The Hall–Kier alpha value is -3.65. The number of benzene rings is 2. The van der Waals surface area contributed by atoms with E-state index in [0.29, 0.717) is 48.5 Å². The lowest BCUT2D eigenvalue weighted by Crippen LogP contribution is -2.52. The van der Waals surface area contributed by atoms with Gasteiger partial charge in [0.05, 0.1) is 18.4 Å². The van der Waals surface area contributed by atoms with Crippen molar-refractivity contribution in [1.29, 1.82) is 0 Å². The highest BCUT2D eigenvalue weighted by Gasteiger charge is 2.66. The molecule has 0 radical (unpaired) electrons. The fourth-order valence-corrected chi connectivity index (χ4v) is 5.05. The minimum Gasteiger partial charge on any atom is -0.507 e. The summed E-state index contributed by atoms with van der Waals surface area (Å²) in [5.74, 6) is -1.82. The molecule has 2 aromatic rings. The lowest BCUT2D eigenvalue weighted by Gasteiger charge is -2.34. The third-order valence-electron chi connectivity index (χ3n) is 6.61. The van der Waals surface area contributed by atoms with Gasteiger partial charge in [0.1, 0.15) is 11.5 Å². The average Bonchev–Trinajstić information content (AvgIpc) is 3.23. The predicted molar refractivity (Wildman–Crippen MR) is 133 cm³/mol. The van der Waals surface area contributed by atoms with Crippen LogP contribution in [-0.2, 0) is 19.9 Å². The predicted octanol–water partition coefficient (Wildman–Crippen LogP) is 2.98. The molecule has 2 amide bonds. The number of Topliss-reactive ketones (excluding diaryl/α,β-unsaturated/α-hetero) is 1. The van der Waals surface area contributed by atoms with Gasteiger partial charge in [-0.05, 0) is 63.8 Å². The molecular formula is C27H31N3O5. The number of aliphatic hydroxyl groups excluding tert-OH is 1. The van der Waals surface area contributed by atoms with E-state index in [2.05, 4.69) is 0 Å². The molecule has 0 bridgehead atoms. The van der Waals surface area contributed by atoms with Crippen molar-refractivity contribution < 1.29 is 24.2 Å². The van der Waals surface area contributed by atoms with Crippen LogP contribution >= 0.6 is 0 Å². The van der Waals surface area contributed by atoms with E-state index in [-0.39, 0.29) is 23.8 Å². The van der Waals surface area contributed by atoms with Gasteiger partial charge in [0.2, 0.25) is 0 Å². The Balaban J connectivity index is 1.97. The number of nitrogens with zero attached hydrogens (tertiary/aromatic N) is 3. The van der Waals surface area contributed by atoms with Crippen LogP contribution in [0, 0.1) is 0 Å². The van der Waals surface area contributed by atoms with Gasteiger partial charge >= 0.3 is 0 Å². The Morgan fingerprint density at radius 1 is 1.03 bits per heavy atom. The van der Waals surface area contributed by atoms with E-state index in [1.807, 2.05) is 38.1 Å². The Bertz CT molecular complexity index is 1190. The van der Waals surface area contributed by atoms with Gasteiger partial charge in [-0.15, -0.1) is 0 Å². The summed E-state index contributed by atoms with van der Waals surface area (Å²) in [5, 5.41) is 11.4. The van der Waals surface area contributed by atoms with E-state index in [0.717, 1.165) is 0 Å². The Labute approximate surface area is 205 Å². The Morgan fingerprint density at radius 2 is 1.71 bits per heavy atom. The van der Waals surface area contributed by atoms with E-state index in [9.17, 15) is 19.5 Å². The summed E-state index contributed by atoms with van der Waals surface area (Å²) in [5.41, 5.74) is -0.377. The molecular weight excluding hydrogens is 446 g/mol. The maximum absolute atomic E-state index is 14.2. The Morgan fingerprint density at radius 3 is 2.34 bits per heavy atom. The van der Waals surface area contributed by atoms with Crippen molar-refractivity contribution in [2.45, 2.75) is 25.3 Å².